The van der Waals surface area contributed by atoms with Crippen molar-refractivity contribution >= 4 is 40.5 Å². The van der Waals surface area contributed by atoms with Crippen LogP contribution in [0.15, 0.2) is 35.3 Å². The van der Waals surface area contributed by atoms with Gasteiger partial charge in [0.05, 0.1) is 31.6 Å². The Labute approximate surface area is 247 Å². The van der Waals surface area contributed by atoms with E-state index >= 15 is 0 Å². The van der Waals surface area contributed by atoms with Crippen LogP contribution >= 0.6 is 0 Å². The Balaban J connectivity index is 1.38. The van der Waals surface area contributed by atoms with Crippen LogP contribution in [-0.4, -0.2) is 81.7 Å². The molecule has 232 valence electrons. The lowest BCUT2D eigenvalue weighted by atomic mass is 10.0. The highest BCUT2D eigenvalue weighted by molar-refractivity contribution is 5.97. The van der Waals surface area contributed by atoms with Crippen molar-refractivity contribution in [3.8, 4) is 0 Å². The van der Waals surface area contributed by atoms with Crippen molar-refractivity contribution < 1.29 is 29.0 Å². The van der Waals surface area contributed by atoms with Crippen molar-refractivity contribution in [3.05, 3.63) is 52.1 Å². The summed E-state index contributed by atoms with van der Waals surface area (Å²) in [5.41, 5.74) is 12.0. The molecule has 3 aromatic rings. The molecule has 1 amide bonds. The first-order valence-corrected chi connectivity index (χ1v) is 14.0. The number of ether oxygens (including phenoxy) is 2. The average Bonchev–Trinajstić information content (AvgIpc) is 2.99. The first-order chi connectivity index (χ1) is 20.8. The lowest BCUT2D eigenvalue weighted by Crippen LogP contribution is -2.41. The Hall–Kier alpha value is -4.47. The van der Waals surface area contributed by atoms with E-state index < -0.39 is 23.5 Å². The number of amides is 1. The van der Waals surface area contributed by atoms with E-state index in [2.05, 4.69) is 30.6 Å². The molecule has 0 spiro atoms. The molecule has 0 aliphatic rings. The van der Waals surface area contributed by atoms with Crippen LogP contribution in [-0.2, 0) is 25.6 Å². The number of ketones is 1. The fourth-order valence-electron chi connectivity index (χ4n) is 3.95. The molecular formula is C28H38N8O7. The molecule has 0 aliphatic carbocycles. The van der Waals surface area contributed by atoms with E-state index in [9.17, 15) is 24.3 Å². The standard InChI is InChI=1S/C28H38N8O7/c29-11-3-13-43-15-14-42-12-2-1-4-21(37)9-10-22(27(40)41)34-25(38)18-5-7-19(8-6-18)31-16-20-17-32-24-23(33-20)26(39)36-28(30)35-24/h5-8,17,22,31H,1-4,9-16,29H2,(H,34,38)(H,40,41)(H3,30,32,35,36,39). The van der Waals surface area contributed by atoms with Crippen molar-refractivity contribution in [2.24, 2.45) is 5.73 Å². The van der Waals surface area contributed by atoms with Gasteiger partial charge in [0.1, 0.15) is 11.8 Å². The number of aliphatic carboxylic acids is 1. The first kappa shape index (κ1) is 33.0. The second kappa shape index (κ2) is 17.5. The minimum Gasteiger partial charge on any atom is -0.480 e. The number of rotatable bonds is 20. The molecule has 2 heterocycles. The molecule has 1 unspecified atom stereocenters. The predicted octanol–water partition coefficient (Wildman–Crippen LogP) is 0.992. The molecule has 8 N–H and O–H groups in total. The van der Waals surface area contributed by atoms with E-state index in [0.717, 1.165) is 6.42 Å². The molecule has 15 heteroatoms. The molecule has 0 saturated heterocycles. The second-order valence-corrected chi connectivity index (χ2v) is 9.68. The zero-order valence-electron chi connectivity index (χ0n) is 23.8. The summed E-state index contributed by atoms with van der Waals surface area (Å²) < 4.78 is 10.8. The number of nitrogens with one attached hydrogen (secondary N) is 3. The summed E-state index contributed by atoms with van der Waals surface area (Å²) in [5.74, 6) is -1.89. The molecule has 0 bridgehead atoms. The van der Waals surface area contributed by atoms with Gasteiger partial charge in [-0.1, -0.05) is 0 Å². The van der Waals surface area contributed by atoms with Crippen molar-refractivity contribution in [1.29, 1.82) is 0 Å². The zero-order valence-corrected chi connectivity index (χ0v) is 23.8. The van der Waals surface area contributed by atoms with Crippen molar-refractivity contribution in [2.75, 3.05) is 44.0 Å². The summed E-state index contributed by atoms with van der Waals surface area (Å²) >= 11 is 0. The Morgan fingerprint density at radius 3 is 2.40 bits per heavy atom. The van der Waals surface area contributed by atoms with Crippen LogP contribution in [0.5, 0.6) is 0 Å². The highest BCUT2D eigenvalue weighted by atomic mass is 16.5. The number of anilines is 2. The number of nitrogens with zero attached hydrogens (tertiary/aromatic N) is 3. The SMILES string of the molecule is NCCCOCCOCCCCC(=O)CCC(NC(=O)c1ccc(NCc2cnc3nc(N)[nH]c(=O)c3n2)cc1)C(=O)O. The number of H-pyrrole nitrogens is 1. The largest absolute Gasteiger partial charge is 0.480 e. The van der Waals surface area contributed by atoms with E-state index in [1.54, 1.807) is 24.3 Å². The van der Waals surface area contributed by atoms with Crippen LogP contribution in [0.2, 0.25) is 0 Å². The Morgan fingerprint density at radius 1 is 0.977 bits per heavy atom. The average molecular weight is 599 g/mol. The van der Waals surface area contributed by atoms with Gasteiger partial charge in [-0.15, -0.1) is 0 Å². The van der Waals surface area contributed by atoms with E-state index in [4.69, 9.17) is 20.9 Å². The van der Waals surface area contributed by atoms with Crippen molar-refractivity contribution in [3.63, 3.8) is 0 Å². The highest BCUT2D eigenvalue weighted by Crippen LogP contribution is 2.13. The van der Waals surface area contributed by atoms with Gasteiger partial charge in [0.2, 0.25) is 5.95 Å². The summed E-state index contributed by atoms with van der Waals surface area (Å²) in [6.45, 7) is 2.95. The summed E-state index contributed by atoms with van der Waals surface area (Å²) in [4.78, 5) is 63.3. The van der Waals surface area contributed by atoms with Crippen LogP contribution in [0, 0.1) is 0 Å². The van der Waals surface area contributed by atoms with Gasteiger partial charge in [0.15, 0.2) is 11.2 Å². The lowest BCUT2D eigenvalue weighted by molar-refractivity contribution is -0.139. The number of aromatic nitrogens is 4. The minimum atomic E-state index is -1.21. The quantitative estimate of drug-likeness (QED) is 0.0996. The number of carboxylic acids is 1. The van der Waals surface area contributed by atoms with Gasteiger partial charge >= 0.3 is 5.97 Å². The van der Waals surface area contributed by atoms with Gasteiger partial charge in [-0.3, -0.25) is 19.4 Å². The van der Waals surface area contributed by atoms with Crippen LogP contribution in [0.4, 0.5) is 11.6 Å². The van der Waals surface area contributed by atoms with Crippen molar-refractivity contribution in [2.45, 2.75) is 51.1 Å². The Kier molecular flexibility index (Phi) is 13.4. The number of carboxylic acid groups (broad SMARTS) is 1. The smallest absolute Gasteiger partial charge is 0.326 e. The number of nitrogen functional groups attached to an aromatic ring is 1. The zero-order chi connectivity index (χ0) is 31.0. The van der Waals surface area contributed by atoms with Gasteiger partial charge in [0, 0.05) is 37.3 Å². The number of fused-ring (bicyclic) bond motifs is 1. The summed E-state index contributed by atoms with van der Waals surface area (Å²) in [7, 11) is 0. The minimum absolute atomic E-state index is 0.00603. The second-order valence-electron chi connectivity index (χ2n) is 9.68. The maximum absolute atomic E-state index is 12.7. The maximum atomic E-state index is 12.7. The van der Waals surface area contributed by atoms with E-state index in [0.29, 0.717) is 63.6 Å². The number of carbonyl (C=O) groups is 3. The summed E-state index contributed by atoms with van der Waals surface area (Å²) in [6.07, 6.45) is 3.98. The van der Waals surface area contributed by atoms with E-state index in [-0.39, 0.29) is 47.8 Å². The molecule has 1 atom stereocenters. The Bertz CT molecular complexity index is 1410. The predicted molar refractivity (Wildman–Crippen MR) is 158 cm³/mol. The van der Waals surface area contributed by atoms with Gasteiger partial charge in [-0.25, -0.2) is 14.8 Å². The topological polar surface area (TPSA) is 238 Å². The molecule has 15 nitrogen and oxygen atoms in total. The number of carbonyl (C=O) groups excluding carboxylic acids is 2. The first-order valence-electron chi connectivity index (χ1n) is 14.0. The van der Waals surface area contributed by atoms with Crippen molar-refractivity contribution in [1.82, 2.24) is 25.3 Å². The highest BCUT2D eigenvalue weighted by Gasteiger charge is 2.21. The third kappa shape index (κ3) is 11.4. The molecule has 3 rings (SSSR count). The summed E-state index contributed by atoms with van der Waals surface area (Å²) in [5, 5.41) is 15.2. The molecule has 0 fully saturated rings. The van der Waals surface area contributed by atoms with E-state index in [1.807, 2.05) is 0 Å². The molecule has 0 saturated carbocycles. The number of unbranched alkanes of at least 4 members (excludes halogenated alkanes) is 1. The van der Waals surface area contributed by atoms with Gasteiger partial charge in [0.25, 0.3) is 11.5 Å². The molecule has 43 heavy (non-hydrogen) atoms. The number of hydrogen-bond donors (Lipinski definition) is 6. The maximum Gasteiger partial charge on any atom is 0.326 e. The fourth-order valence-corrected chi connectivity index (χ4v) is 3.95. The van der Waals surface area contributed by atoms with Gasteiger partial charge in [-0.2, -0.15) is 4.98 Å². The monoisotopic (exact) mass is 598 g/mol. The van der Waals surface area contributed by atoms with Gasteiger partial charge in [-0.05, 0) is 56.5 Å². The molecule has 0 aliphatic heterocycles. The lowest BCUT2D eigenvalue weighted by Gasteiger charge is -2.14. The molecule has 1 aromatic carbocycles. The van der Waals surface area contributed by atoms with Crippen LogP contribution < -0.4 is 27.7 Å². The number of aromatic amines is 1. The molecule has 0 radical (unpaired) electrons. The van der Waals surface area contributed by atoms with Crippen LogP contribution in [0.25, 0.3) is 11.2 Å². The number of hydrogen-bond acceptors (Lipinski definition) is 12. The number of Topliss-reactive ketones (excluding diaryl/α,β-unsaturated/α-hetero) is 1. The van der Waals surface area contributed by atoms with Gasteiger partial charge < -0.3 is 36.7 Å². The third-order valence-corrected chi connectivity index (χ3v) is 6.28. The van der Waals surface area contributed by atoms with Crippen LogP contribution in [0.1, 0.15) is 54.6 Å². The normalized spacial score (nSPS) is 11.7. The number of nitrogens with two attached hydrogens (primary N) is 2. The molecular weight excluding hydrogens is 560 g/mol. The summed E-state index contributed by atoms with van der Waals surface area (Å²) in [6, 6.07) is 5.18. The fraction of sp³-hybridized carbons (Fsp3) is 0.464. The molecule has 2 aromatic heterocycles. The van der Waals surface area contributed by atoms with Crippen LogP contribution in [0.3, 0.4) is 0 Å². The van der Waals surface area contributed by atoms with E-state index in [1.165, 1.54) is 6.20 Å². The number of benzene rings is 1. The third-order valence-electron chi connectivity index (χ3n) is 6.28. The Morgan fingerprint density at radius 2 is 1.70 bits per heavy atom.